The van der Waals surface area contributed by atoms with E-state index in [9.17, 15) is 13.6 Å². The maximum atomic E-state index is 13.2. The van der Waals surface area contributed by atoms with Gasteiger partial charge in [0, 0.05) is 51.5 Å². The van der Waals surface area contributed by atoms with E-state index in [0.29, 0.717) is 18.2 Å². The molecule has 2 aliphatic heterocycles. The standard InChI is InChI=1S/C30H35F2N5O/c1-22-18-25(30(38)34-19-23-2-6-26(31)7-3-23)20-33-29(22)37-16-14-36(15-17-37)28-10-12-35(13-11-28)21-24-4-8-27(32)9-5-24/h2-9,18,20,28H,10-17,19,21H2,1H3,(H,34,38). The molecule has 0 bridgehead atoms. The number of hydrogen-bond donors (Lipinski definition) is 1. The van der Waals surface area contributed by atoms with Gasteiger partial charge in [0.05, 0.1) is 5.56 Å². The molecule has 0 spiro atoms. The number of piperidine rings is 1. The van der Waals surface area contributed by atoms with Crippen molar-refractivity contribution in [1.29, 1.82) is 0 Å². The van der Waals surface area contributed by atoms with Gasteiger partial charge in [0.15, 0.2) is 0 Å². The normalized spacial score (nSPS) is 17.5. The number of halogens is 2. The lowest BCUT2D eigenvalue weighted by molar-refractivity contribution is 0.0950. The number of pyridine rings is 1. The first kappa shape index (κ1) is 26.3. The van der Waals surface area contributed by atoms with Gasteiger partial charge in [-0.2, -0.15) is 0 Å². The van der Waals surface area contributed by atoms with Crippen molar-refractivity contribution in [3.8, 4) is 0 Å². The van der Waals surface area contributed by atoms with Crippen LogP contribution >= 0.6 is 0 Å². The summed E-state index contributed by atoms with van der Waals surface area (Å²) in [5.74, 6) is 0.276. The van der Waals surface area contributed by atoms with Gasteiger partial charge in [-0.1, -0.05) is 24.3 Å². The fourth-order valence-electron chi connectivity index (χ4n) is 5.50. The number of likely N-dealkylation sites (tertiary alicyclic amines) is 1. The number of aryl methyl sites for hydroxylation is 1. The van der Waals surface area contributed by atoms with E-state index >= 15 is 0 Å². The van der Waals surface area contributed by atoms with Crippen LogP contribution in [0.1, 0.15) is 39.9 Å². The van der Waals surface area contributed by atoms with Gasteiger partial charge in [0.1, 0.15) is 17.5 Å². The molecule has 1 N–H and O–H groups in total. The topological polar surface area (TPSA) is 51.7 Å². The third-order valence-corrected chi connectivity index (χ3v) is 7.69. The molecule has 0 saturated carbocycles. The zero-order valence-corrected chi connectivity index (χ0v) is 21.9. The largest absolute Gasteiger partial charge is 0.354 e. The van der Waals surface area contributed by atoms with Crippen LogP contribution < -0.4 is 10.2 Å². The minimum atomic E-state index is -0.291. The molecule has 1 aromatic heterocycles. The first-order valence-electron chi connectivity index (χ1n) is 13.4. The van der Waals surface area contributed by atoms with Crippen molar-refractivity contribution < 1.29 is 13.6 Å². The number of hydrogen-bond acceptors (Lipinski definition) is 5. The number of piperazine rings is 1. The molecule has 0 aliphatic carbocycles. The molecule has 3 heterocycles. The van der Waals surface area contributed by atoms with Crippen molar-refractivity contribution in [1.82, 2.24) is 20.1 Å². The molecule has 0 radical (unpaired) electrons. The van der Waals surface area contributed by atoms with Gasteiger partial charge in [-0.15, -0.1) is 0 Å². The van der Waals surface area contributed by atoms with E-state index in [4.69, 9.17) is 0 Å². The summed E-state index contributed by atoms with van der Waals surface area (Å²) in [6, 6.07) is 15.4. The third-order valence-electron chi connectivity index (χ3n) is 7.69. The molecule has 5 rings (SSSR count). The number of rotatable bonds is 7. The highest BCUT2D eigenvalue weighted by molar-refractivity contribution is 5.94. The quantitative estimate of drug-likeness (QED) is 0.502. The fraction of sp³-hybridized carbons (Fsp3) is 0.400. The van der Waals surface area contributed by atoms with E-state index in [-0.39, 0.29) is 17.5 Å². The summed E-state index contributed by atoms with van der Waals surface area (Å²) in [7, 11) is 0. The Hall–Kier alpha value is -3.36. The highest BCUT2D eigenvalue weighted by atomic mass is 19.1. The van der Waals surface area contributed by atoms with Crippen molar-refractivity contribution in [3.63, 3.8) is 0 Å². The zero-order chi connectivity index (χ0) is 26.5. The van der Waals surface area contributed by atoms with E-state index in [2.05, 4.69) is 25.0 Å². The number of aromatic nitrogens is 1. The summed E-state index contributed by atoms with van der Waals surface area (Å²) in [6.07, 6.45) is 3.95. The van der Waals surface area contributed by atoms with Crippen LogP contribution in [-0.2, 0) is 13.1 Å². The minimum absolute atomic E-state index is 0.183. The van der Waals surface area contributed by atoms with Crippen LogP contribution in [0.4, 0.5) is 14.6 Å². The van der Waals surface area contributed by atoms with Gasteiger partial charge < -0.3 is 10.2 Å². The van der Waals surface area contributed by atoms with Gasteiger partial charge in [0.25, 0.3) is 5.91 Å². The molecule has 200 valence electrons. The number of carbonyl (C=O) groups excluding carboxylic acids is 1. The smallest absolute Gasteiger partial charge is 0.253 e. The molecule has 0 atom stereocenters. The lowest BCUT2D eigenvalue weighted by Gasteiger charge is -2.43. The molecule has 2 saturated heterocycles. The summed E-state index contributed by atoms with van der Waals surface area (Å²) < 4.78 is 26.3. The predicted octanol–water partition coefficient (Wildman–Crippen LogP) is 4.38. The average Bonchev–Trinajstić information content (AvgIpc) is 2.94. The summed E-state index contributed by atoms with van der Waals surface area (Å²) in [5, 5.41) is 2.88. The van der Waals surface area contributed by atoms with E-state index < -0.39 is 0 Å². The Balaban J connectivity index is 1.08. The van der Waals surface area contributed by atoms with Crippen LogP contribution in [-0.4, -0.2) is 66.0 Å². The van der Waals surface area contributed by atoms with Crippen molar-refractivity contribution in [2.75, 3.05) is 44.2 Å². The second-order valence-corrected chi connectivity index (χ2v) is 10.3. The summed E-state index contributed by atoms with van der Waals surface area (Å²) in [5.41, 5.74) is 3.52. The van der Waals surface area contributed by atoms with Crippen molar-refractivity contribution in [3.05, 3.63) is 94.7 Å². The Morgan fingerprint density at radius 3 is 2.11 bits per heavy atom. The monoisotopic (exact) mass is 519 g/mol. The van der Waals surface area contributed by atoms with Gasteiger partial charge in [0.2, 0.25) is 0 Å². The van der Waals surface area contributed by atoms with E-state index in [0.717, 1.165) is 81.2 Å². The second kappa shape index (κ2) is 12.0. The lowest BCUT2D eigenvalue weighted by atomic mass is 10.0. The van der Waals surface area contributed by atoms with Gasteiger partial charge in [-0.25, -0.2) is 13.8 Å². The van der Waals surface area contributed by atoms with Crippen molar-refractivity contribution >= 4 is 11.7 Å². The zero-order valence-electron chi connectivity index (χ0n) is 21.9. The highest BCUT2D eigenvalue weighted by Gasteiger charge is 2.28. The van der Waals surface area contributed by atoms with Crippen LogP contribution in [0.5, 0.6) is 0 Å². The Morgan fingerprint density at radius 2 is 1.50 bits per heavy atom. The SMILES string of the molecule is Cc1cc(C(=O)NCc2ccc(F)cc2)cnc1N1CCN(C2CCN(Cc3ccc(F)cc3)CC2)CC1. The first-order valence-corrected chi connectivity index (χ1v) is 13.4. The number of benzene rings is 2. The number of anilines is 1. The van der Waals surface area contributed by atoms with Crippen molar-refractivity contribution in [2.45, 2.75) is 38.9 Å². The van der Waals surface area contributed by atoms with Crippen LogP contribution in [0.3, 0.4) is 0 Å². The number of nitrogens with zero attached hydrogens (tertiary/aromatic N) is 4. The van der Waals surface area contributed by atoms with Gasteiger partial charge >= 0.3 is 0 Å². The van der Waals surface area contributed by atoms with E-state index in [1.807, 2.05) is 25.1 Å². The molecule has 2 aromatic carbocycles. The Morgan fingerprint density at radius 1 is 0.895 bits per heavy atom. The fourth-order valence-corrected chi connectivity index (χ4v) is 5.50. The molecular weight excluding hydrogens is 484 g/mol. The molecule has 1 amide bonds. The molecule has 3 aromatic rings. The van der Waals surface area contributed by atoms with Crippen LogP contribution in [0.25, 0.3) is 0 Å². The Labute approximate surface area is 223 Å². The number of amides is 1. The van der Waals surface area contributed by atoms with Gasteiger partial charge in [-0.3, -0.25) is 14.6 Å². The van der Waals surface area contributed by atoms with Crippen molar-refractivity contribution in [2.24, 2.45) is 0 Å². The molecule has 8 heteroatoms. The predicted molar refractivity (Wildman–Crippen MR) is 145 cm³/mol. The van der Waals surface area contributed by atoms with E-state index in [1.54, 1.807) is 18.3 Å². The maximum absolute atomic E-state index is 13.2. The number of nitrogens with one attached hydrogen (secondary N) is 1. The Kier molecular flexibility index (Phi) is 8.29. The first-order chi connectivity index (χ1) is 18.4. The van der Waals surface area contributed by atoms with Gasteiger partial charge in [-0.05, 0) is 79.9 Å². The summed E-state index contributed by atoms with van der Waals surface area (Å²) >= 11 is 0. The maximum Gasteiger partial charge on any atom is 0.253 e. The molecule has 2 aliphatic rings. The average molecular weight is 520 g/mol. The van der Waals surface area contributed by atoms with Crippen LogP contribution in [0.15, 0.2) is 60.8 Å². The molecule has 38 heavy (non-hydrogen) atoms. The summed E-state index contributed by atoms with van der Waals surface area (Å²) in [6.45, 7) is 9.19. The number of carbonyl (C=O) groups is 1. The lowest BCUT2D eigenvalue weighted by Crippen LogP contribution is -2.53. The Bertz CT molecular complexity index is 1220. The van der Waals surface area contributed by atoms with Crippen LogP contribution in [0.2, 0.25) is 0 Å². The molecule has 6 nitrogen and oxygen atoms in total. The highest BCUT2D eigenvalue weighted by Crippen LogP contribution is 2.24. The van der Waals surface area contributed by atoms with E-state index in [1.165, 1.54) is 24.3 Å². The second-order valence-electron chi connectivity index (χ2n) is 10.3. The third kappa shape index (κ3) is 6.55. The minimum Gasteiger partial charge on any atom is -0.354 e. The summed E-state index contributed by atoms with van der Waals surface area (Å²) in [4.78, 5) is 24.7. The molecular formula is C30H35F2N5O. The molecule has 0 unspecified atom stereocenters. The molecule has 2 fully saturated rings. The van der Waals surface area contributed by atoms with Crippen LogP contribution in [0, 0.1) is 18.6 Å².